The number of aromatic carboxylic acids is 1. The van der Waals surface area contributed by atoms with Crippen LogP contribution in [-0.2, 0) is 16.4 Å². The van der Waals surface area contributed by atoms with Crippen LogP contribution >= 0.6 is 0 Å². The zero-order valence-electron chi connectivity index (χ0n) is 11.5. The van der Waals surface area contributed by atoms with Crippen LogP contribution in [0.25, 0.3) is 0 Å². The highest BCUT2D eigenvalue weighted by Gasteiger charge is 2.21. The number of aromatic nitrogens is 1. The van der Waals surface area contributed by atoms with Gasteiger partial charge in [-0.05, 0) is 31.0 Å². The Labute approximate surface area is 121 Å². The molecule has 0 radical (unpaired) electrons. The number of carboxylic acids is 1. The molecule has 0 atom stereocenters. The summed E-state index contributed by atoms with van der Waals surface area (Å²) in [5, 5.41) is 12.5. The van der Waals surface area contributed by atoms with Crippen LogP contribution < -0.4 is 4.72 Å². The van der Waals surface area contributed by atoms with Gasteiger partial charge in [0, 0.05) is 6.07 Å². The summed E-state index contributed by atoms with van der Waals surface area (Å²) in [5.41, 5.74) is 0.427. The van der Waals surface area contributed by atoms with Crippen molar-refractivity contribution in [1.29, 1.82) is 0 Å². The highest BCUT2D eigenvalue weighted by atomic mass is 32.2. The lowest BCUT2D eigenvalue weighted by atomic mass is 10.1. The molecular weight excluding hydrogens is 296 g/mol. The summed E-state index contributed by atoms with van der Waals surface area (Å²) in [6.07, 6.45) is 0.452. The van der Waals surface area contributed by atoms with Crippen LogP contribution in [0.2, 0.25) is 0 Å². The largest absolute Gasteiger partial charge is 0.478 e. The molecule has 0 saturated carbocycles. The van der Waals surface area contributed by atoms with E-state index in [-0.39, 0.29) is 16.3 Å². The molecule has 1 aromatic heterocycles. The Bertz CT molecular complexity index is 780. The molecule has 2 rings (SSSR count). The minimum atomic E-state index is -3.93. The molecule has 0 aliphatic heterocycles. The van der Waals surface area contributed by atoms with E-state index in [0.29, 0.717) is 17.7 Å². The highest BCUT2D eigenvalue weighted by molar-refractivity contribution is 7.92. The monoisotopic (exact) mass is 310 g/mol. The molecule has 0 spiro atoms. The quantitative estimate of drug-likeness (QED) is 0.874. The third-order valence-corrected chi connectivity index (χ3v) is 4.29. The Morgan fingerprint density at radius 3 is 2.62 bits per heavy atom. The average Bonchev–Trinajstić information content (AvgIpc) is 2.82. The van der Waals surface area contributed by atoms with Gasteiger partial charge in [-0.3, -0.25) is 4.72 Å². The number of hydrogen-bond donors (Lipinski definition) is 2. The van der Waals surface area contributed by atoms with Crippen LogP contribution in [0, 0.1) is 6.92 Å². The highest BCUT2D eigenvalue weighted by Crippen LogP contribution is 2.22. The van der Waals surface area contributed by atoms with Crippen LogP contribution in [-0.4, -0.2) is 24.7 Å². The van der Waals surface area contributed by atoms with Gasteiger partial charge in [-0.25, -0.2) is 13.2 Å². The molecule has 1 heterocycles. The predicted molar refractivity (Wildman–Crippen MR) is 74.8 cm³/mol. The van der Waals surface area contributed by atoms with Crippen LogP contribution in [0.3, 0.4) is 0 Å². The number of nitrogens with one attached hydrogen (secondary N) is 1. The van der Waals surface area contributed by atoms with E-state index in [2.05, 4.69) is 9.88 Å². The van der Waals surface area contributed by atoms with Crippen LogP contribution in [0.15, 0.2) is 33.7 Å². The first kappa shape index (κ1) is 15.0. The topological polar surface area (TPSA) is 110 Å². The van der Waals surface area contributed by atoms with Crippen molar-refractivity contribution >= 4 is 21.8 Å². The van der Waals surface area contributed by atoms with Crippen molar-refractivity contribution in [2.75, 3.05) is 4.72 Å². The molecule has 0 saturated heterocycles. The molecule has 0 bridgehead atoms. The number of aryl methyl sites for hydroxylation is 2. The van der Waals surface area contributed by atoms with Crippen molar-refractivity contribution < 1.29 is 22.8 Å². The van der Waals surface area contributed by atoms with E-state index < -0.39 is 16.0 Å². The van der Waals surface area contributed by atoms with E-state index >= 15 is 0 Å². The Kier molecular flexibility index (Phi) is 3.99. The zero-order chi connectivity index (χ0) is 15.6. The average molecular weight is 310 g/mol. The van der Waals surface area contributed by atoms with Gasteiger partial charge in [0.1, 0.15) is 5.76 Å². The van der Waals surface area contributed by atoms with Crippen molar-refractivity contribution in [3.63, 3.8) is 0 Å². The minimum Gasteiger partial charge on any atom is -0.478 e. The van der Waals surface area contributed by atoms with Gasteiger partial charge in [-0.2, -0.15) is 0 Å². The molecule has 7 nitrogen and oxygen atoms in total. The summed E-state index contributed by atoms with van der Waals surface area (Å²) in [6.45, 7) is 3.42. The molecule has 0 aliphatic rings. The van der Waals surface area contributed by atoms with Crippen molar-refractivity contribution in [3.05, 3.63) is 41.2 Å². The van der Waals surface area contributed by atoms with E-state index in [0.717, 1.165) is 6.07 Å². The van der Waals surface area contributed by atoms with E-state index in [9.17, 15) is 13.2 Å². The molecule has 2 N–H and O–H groups in total. The molecule has 112 valence electrons. The fourth-order valence-corrected chi connectivity index (χ4v) is 3.16. The standard InChI is InChI=1S/C13H14N2O5S/c1-3-9-4-5-10(13(16)17)7-11(9)21(18,19)15-12-6-8(2)20-14-12/h4-7H,3H2,1-2H3,(H,14,15)(H,16,17). The van der Waals surface area contributed by atoms with E-state index in [1.807, 2.05) is 0 Å². The number of rotatable bonds is 5. The van der Waals surface area contributed by atoms with Gasteiger partial charge in [-0.1, -0.05) is 18.1 Å². The van der Waals surface area contributed by atoms with Gasteiger partial charge >= 0.3 is 5.97 Å². The van der Waals surface area contributed by atoms with E-state index in [1.54, 1.807) is 13.8 Å². The molecule has 21 heavy (non-hydrogen) atoms. The first-order valence-corrected chi connectivity index (χ1v) is 7.64. The first-order valence-electron chi connectivity index (χ1n) is 6.16. The van der Waals surface area contributed by atoms with Crippen LogP contribution in [0.1, 0.15) is 28.6 Å². The number of nitrogens with zero attached hydrogens (tertiary/aromatic N) is 1. The lowest BCUT2D eigenvalue weighted by molar-refractivity contribution is 0.0696. The molecule has 0 unspecified atom stereocenters. The van der Waals surface area contributed by atoms with Gasteiger partial charge < -0.3 is 9.63 Å². The van der Waals surface area contributed by atoms with E-state index in [1.165, 1.54) is 18.2 Å². The molecule has 0 aliphatic carbocycles. The summed E-state index contributed by atoms with van der Waals surface area (Å²) >= 11 is 0. The maximum atomic E-state index is 12.4. The van der Waals surface area contributed by atoms with Crippen molar-refractivity contribution in [3.8, 4) is 0 Å². The fraction of sp³-hybridized carbons (Fsp3) is 0.231. The fourth-order valence-electron chi connectivity index (χ4n) is 1.84. The van der Waals surface area contributed by atoms with Crippen molar-refractivity contribution in [1.82, 2.24) is 5.16 Å². The maximum absolute atomic E-state index is 12.4. The summed E-state index contributed by atoms with van der Waals surface area (Å²) < 4.78 is 31.8. The lowest BCUT2D eigenvalue weighted by Gasteiger charge is -2.10. The van der Waals surface area contributed by atoms with Gasteiger partial charge in [0.15, 0.2) is 5.82 Å². The molecule has 8 heteroatoms. The van der Waals surface area contributed by atoms with Crippen molar-refractivity contribution in [2.45, 2.75) is 25.2 Å². The smallest absolute Gasteiger partial charge is 0.335 e. The molecule has 1 aromatic carbocycles. The van der Waals surface area contributed by atoms with Gasteiger partial charge in [0.05, 0.1) is 10.5 Å². The summed E-state index contributed by atoms with van der Waals surface area (Å²) in [7, 11) is -3.93. The second kappa shape index (κ2) is 5.57. The second-order valence-corrected chi connectivity index (χ2v) is 6.06. The molecule has 0 amide bonds. The van der Waals surface area contributed by atoms with Crippen LogP contribution in [0.4, 0.5) is 5.82 Å². The summed E-state index contributed by atoms with van der Waals surface area (Å²) in [4.78, 5) is 10.9. The number of benzene rings is 1. The third kappa shape index (κ3) is 3.22. The number of hydrogen-bond acceptors (Lipinski definition) is 5. The minimum absolute atomic E-state index is 0.0512. The number of anilines is 1. The Morgan fingerprint density at radius 2 is 2.10 bits per heavy atom. The Balaban J connectivity index is 2.47. The molecule has 2 aromatic rings. The second-order valence-electron chi connectivity index (χ2n) is 4.41. The Morgan fingerprint density at radius 1 is 1.38 bits per heavy atom. The summed E-state index contributed by atoms with van der Waals surface area (Å²) in [6, 6.07) is 5.44. The van der Waals surface area contributed by atoms with Crippen LogP contribution in [0.5, 0.6) is 0 Å². The van der Waals surface area contributed by atoms with Gasteiger partial charge in [-0.15, -0.1) is 0 Å². The summed E-state index contributed by atoms with van der Waals surface area (Å²) in [5.74, 6) is -0.677. The SMILES string of the molecule is CCc1ccc(C(=O)O)cc1S(=O)(=O)Nc1cc(C)on1. The number of carboxylic acid groups (broad SMARTS) is 1. The maximum Gasteiger partial charge on any atom is 0.335 e. The molecular formula is C13H14N2O5S. The Hall–Kier alpha value is -2.35. The normalized spacial score (nSPS) is 11.3. The number of sulfonamides is 1. The zero-order valence-corrected chi connectivity index (χ0v) is 12.3. The predicted octanol–water partition coefficient (Wildman–Crippen LogP) is 2.04. The molecule has 0 fully saturated rings. The van der Waals surface area contributed by atoms with Gasteiger partial charge in [0.25, 0.3) is 10.0 Å². The van der Waals surface area contributed by atoms with E-state index in [4.69, 9.17) is 9.63 Å². The third-order valence-electron chi connectivity index (χ3n) is 2.85. The number of carbonyl (C=O) groups is 1. The lowest BCUT2D eigenvalue weighted by Crippen LogP contribution is -2.16. The van der Waals surface area contributed by atoms with Crippen molar-refractivity contribution in [2.24, 2.45) is 0 Å². The first-order chi connectivity index (χ1) is 9.83. The van der Waals surface area contributed by atoms with Gasteiger partial charge in [0.2, 0.25) is 0 Å².